The van der Waals surface area contributed by atoms with E-state index in [-0.39, 0.29) is 6.04 Å². The molecular weight excluding hydrogens is 428 g/mol. The van der Waals surface area contributed by atoms with Crippen molar-refractivity contribution in [1.82, 2.24) is 9.88 Å². The van der Waals surface area contributed by atoms with Crippen molar-refractivity contribution in [3.8, 4) is 21.7 Å². The Kier molecular flexibility index (Phi) is 4.86. The van der Waals surface area contributed by atoms with Crippen molar-refractivity contribution in [1.29, 1.82) is 0 Å². The van der Waals surface area contributed by atoms with Gasteiger partial charge in [0.1, 0.15) is 11.0 Å². The summed E-state index contributed by atoms with van der Waals surface area (Å²) < 4.78 is 1.18. The number of hydrogen-bond acceptors (Lipinski definition) is 4. The van der Waals surface area contributed by atoms with Crippen LogP contribution in [0.3, 0.4) is 0 Å². The topological polar surface area (TPSA) is 53.4 Å². The summed E-state index contributed by atoms with van der Waals surface area (Å²) in [4.78, 5) is 19.7. The summed E-state index contributed by atoms with van der Waals surface area (Å²) in [5.74, 6) is -0.720. The predicted molar refractivity (Wildman–Crippen MR) is 134 cm³/mol. The van der Waals surface area contributed by atoms with Gasteiger partial charge in [-0.15, -0.1) is 11.3 Å². The Morgan fingerprint density at radius 2 is 1.88 bits per heavy atom. The Labute approximate surface area is 197 Å². The maximum atomic E-state index is 12.3. The molecule has 4 aromatic rings. The lowest BCUT2D eigenvalue weighted by Crippen LogP contribution is -2.47. The molecule has 1 unspecified atom stereocenters. The first-order valence-corrected chi connectivity index (χ1v) is 12.4. The van der Waals surface area contributed by atoms with E-state index in [1.165, 1.54) is 21.4 Å². The van der Waals surface area contributed by atoms with E-state index in [2.05, 4.69) is 67.3 Å². The lowest BCUT2D eigenvalue weighted by Gasteiger charge is -2.41. The first-order chi connectivity index (χ1) is 16.0. The fourth-order valence-electron chi connectivity index (χ4n) is 5.71. The maximum absolute atomic E-state index is 12.3. The molecule has 2 aliphatic heterocycles. The molecule has 1 N–H and O–H groups in total. The number of rotatable bonds is 3. The molecular formula is C28H26N2O2S. The van der Waals surface area contributed by atoms with Crippen LogP contribution in [0.4, 0.5) is 0 Å². The number of carbonyl (C=O) groups is 1. The highest BCUT2D eigenvalue weighted by molar-refractivity contribution is 7.21. The number of hydrogen-bond donors (Lipinski definition) is 1. The van der Waals surface area contributed by atoms with Crippen molar-refractivity contribution >= 4 is 27.5 Å². The number of aliphatic carboxylic acids is 1. The molecule has 33 heavy (non-hydrogen) atoms. The van der Waals surface area contributed by atoms with Crippen LogP contribution in [-0.4, -0.2) is 33.5 Å². The molecule has 0 aliphatic carbocycles. The fraction of sp³-hybridized carbons (Fsp3) is 0.286. The molecule has 2 aliphatic rings. The molecule has 0 radical (unpaired) electrons. The summed E-state index contributed by atoms with van der Waals surface area (Å²) >= 11 is 1.75. The second-order valence-corrected chi connectivity index (χ2v) is 10.3. The lowest BCUT2D eigenvalue weighted by atomic mass is 9.83. The number of nitrogens with zero attached hydrogens (tertiary/aromatic N) is 2. The molecule has 3 aromatic carbocycles. The monoisotopic (exact) mass is 454 g/mol. The zero-order valence-corrected chi connectivity index (χ0v) is 19.7. The van der Waals surface area contributed by atoms with E-state index in [0.29, 0.717) is 6.42 Å². The largest absolute Gasteiger partial charge is 0.480 e. The number of aromatic nitrogens is 1. The zero-order valence-electron chi connectivity index (χ0n) is 18.8. The third-order valence-electron chi connectivity index (χ3n) is 7.22. The Bertz CT molecular complexity index is 1390. The molecule has 5 heteroatoms. The molecule has 1 aromatic heterocycles. The molecule has 0 saturated carbocycles. The average molecular weight is 455 g/mol. The van der Waals surface area contributed by atoms with Gasteiger partial charge in [-0.3, -0.25) is 9.69 Å². The number of thiazole rings is 1. The second-order valence-electron chi connectivity index (χ2n) is 9.28. The van der Waals surface area contributed by atoms with Gasteiger partial charge in [0.25, 0.3) is 0 Å². The Morgan fingerprint density at radius 3 is 2.67 bits per heavy atom. The van der Waals surface area contributed by atoms with Crippen molar-refractivity contribution in [3.63, 3.8) is 0 Å². The van der Waals surface area contributed by atoms with Crippen LogP contribution in [0.15, 0.2) is 54.6 Å². The molecule has 3 bridgehead atoms. The minimum atomic E-state index is -0.720. The Morgan fingerprint density at radius 1 is 1.06 bits per heavy atom. The summed E-state index contributed by atoms with van der Waals surface area (Å²) in [6.07, 6.45) is 2.67. The van der Waals surface area contributed by atoms with Gasteiger partial charge >= 0.3 is 5.97 Å². The van der Waals surface area contributed by atoms with E-state index in [1.54, 1.807) is 11.3 Å². The summed E-state index contributed by atoms with van der Waals surface area (Å²) in [5.41, 5.74) is 9.26. The van der Waals surface area contributed by atoms with Gasteiger partial charge in [-0.1, -0.05) is 55.0 Å². The third-order valence-corrected chi connectivity index (χ3v) is 8.24. The molecule has 1 fully saturated rings. The van der Waals surface area contributed by atoms with Gasteiger partial charge in [0.05, 0.1) is 16.3 Å². The van der Waals surface area contributed by atoms with E-state index in [4.69, 9.17) is 4.98 Å². The maximum Gasteiger partial charge on any atom is 0.320 e. The SMILES string of the molecule is Cc1ccc(-c2ccccc2)c2c1[C@@H](N1CCCCC1C(=O)O)c1cc(C)c3nc-2sc3c1. The molecule has 4 nitrogen and oxygen atoms in total. The number of likely N-dealkylation sites (tertiary alicyclic amines) is 1. The highest BCUT2D eigenvalue weighted by atomic mass is 32.1. The van der Waals surface area contributed by atoms with Crippen LogP contribution in [0.2, 0.25) is 0 Å². The standard InChI is InChI=1S/C28H26N2O2S/c1-16-11-12-20(18-8-4-3-5-9-18)24-23(16)26(30-13-7-6-10-21(30)28(31)32)19-14-17(2)25-22(15-19)33-27(24)29-25/h3-5,8-9,11-12,14-15,21,26H,6-7,10,13H2,1-2H3,(H,31,32)/t21?,26-/m0/s1. The lowest BCUT2D eigenvalue weighted by molar-refractivity contribution is -0.145. The van der Waals surface area contributed by atoms with Gasteiger partial charge in [-0.25, -0.2) is 4.98 Å². The van der Waals surface area contributed by atoms with Crippen molar-refractivity contribution in [3.05, 3.63) is 76.9 Å². The molecule has 0 spiro atoms. The zero-order chi connectivity index (χ0) is 22.7. The fourth-order valence-corrected chi connectivity index (χ4v) is 6.87. The van der Waals surface area contributed by atoms with Gasteiger partial charge in [0.15, 0.2) is 0 Å². The Hall–Kier alpha value is -3.02. The van der Waals surface area contributed by atoms with Crippen molar-refractivity contribution in [2.45, 2.75) is 45.2 Å². The summed E-state index contributed by atoms with van der Waals surface area (Å²) in [7, 11) is 0. The molecule has 2 atom stereocenters. The molecule has 6 rings (SSSR count). The first kappa shape index (κ1) is 20.6. The number of carboxylic acid groups (broad SMARTS) is 1. The van der Waals surface area contributed by atoms with E-state index in [1.807, 2.05) is 6.07 Å². The first-order valence-electron chi connectivity index (χ1n) is 11.6. The Balaban J connectivity index is 1.70. The van der Waals surface area contributed by atoms with Crippen LogP contribution >= 0.6 is 11.3 Å². The molecule has 3 heterocycles. The molecule has 1 saturated heterocycles. The van der Waals surface area contributed by atoms with Gasteiger partial charge in [0.2, 0.25) is 0 Å². The van der Waals surface area contributed by atoms with Crippen LogP contribution in [0.25, 0.3) is 31.9 Å². The number of carboxylic acids is 1. The number of aryl methyl sites for hydroxylation is 2. The second kappa shape index (κ2) is 7.79. The van der Waals surface area contributed by atoms with E-state index < -0.39 is 12.0 Å². The summed E-state index contributed by atoms with van der Waals surface area (Å²) in [5, 5.41) is 11.2. The average Bonchev–Trinajstić information content (AvgIpc) is 3.27. The summed E-state index contributed by atoms with van der Waals surface area (Å²) in [6.45, 7) is 5.06. The van der Waals surface area contributed by atoms with Crippen LogP contribution < -0.4 is 0 Å². The summed E-state index contributed by atoms with van der Waals surface area (Å²) in [6, 6.07) is 18.8. The molecule has 0 amide bonds. The number of fused-ring (bicyclic) bond motifs is 4. The van der Waals surface area contributed by atoms with E-state index in [0.717, 1.165) is 52.2 Å². The van der Waals surface area contributed by atoms with Gasteiger partial charge in [0, 0.05) is 5.56 Å². The normalized spacial score (nSPS) is 20.1. The smallest absolute Gasteiger partial charge is 0.320 e. The van der Waals surface area contributed by atoms with Crippen LogP contribution in [0, 0.1) is 13.8 Å². The van der Waals surface area contributed by atoms with Gasteiger partial charge < -0.3 is 5.11 Å². The number of benzene rings is 3. The van der Waals surface area contributed by atoms with Crippen LogP contribution in [-0.2, 0) is 4.79 Å². The van der Waals surface area contributed by atoms with Crippen molar-refractivity contribution in [2.24, 2.45) is 0 Å². The minimum Gasteiger partial charge on any atom is -0.480 e. The third kappa shape index (κ3) is 3.22. The highest BCUT2D eigenvalue weighted by Gasteiger charge is 2.38. The van der Waals surface area contributed by atoms with Crippen LogP contribution in [0.5, 0.6) is 0 Å². The highest BCUT2D eigenvalue weighted by Crippen LogP contribution is 2.49. The predicted octanol–water partition coefficient (Wildman–Crippen LogP) is 6.59. The van der Waals surface area contributed by atoms with E-state index in [9.17, 15) is 9.90 Å². The van der Waals surface area contributed by atoms with Crippen LogP contribution in [0.1, 0.15) is 47.6 Å². The minimum absolute atomic E-state index is 0.110. The van der Waals surface area contributed by atoms with E-state index >= 15 is 0 Å². The van der Waals surface area contributed by atoms with Crippen molar-refractivity contribution in [2.75, 3.05) is 6.54 Å². The van der Waals surface area contributed by atoms with Gasteiger partial charge in [-0.2, -0.15) is 0 Å². The number of piperidine rings is 1. The van der Waals surface area contributed by atoms with Gasteiger partial charge in [-0.05, 0) is 72.7 Å². The van der Waals surface area contributed by atoms with Crippen molar-refractivity contribution < 1.29 is 9.90 Å². The molecule has 166 valence electrons. The quantitative estimate of drug-likeness (QED) is 0.379.